The molecule has 0 aromatic heterocycles. The smallest absolute Gasteiger partial charge is 0.305 e. The fourth-order valence-electron chi connectivity index (χ4n) is 4.07. The molecule has 27 heavy (non-hydrogen) atoms. The summed E-state index contributed by atoms with van der Waals surface area (Å²) in [6.45, 7) is 2.52. The number of hydrogen-bond donors (Lipinski definition) is 0. The topological polar surface area (TPSA) is 26.3 Å². The van der Waals surface area contributed by atoms with Gasteiger partial charge in [-0.15, -0.1) is 0 Å². The lowest BCUT2D eigenvalue weighted by Gasteiger charge is -2.14. The molecule has 0 atom stereocenters. The van der Waals surface area contributed by atoms with Crippen molar-refractivity contribution in [2.45, 2.75) is 70.6 Å². The van der Waals surface area contributed by atoms with Crippen molar-refractivity contribution in [1.82, 2.24) is 0 Å². The number of benzene rings is 2. The first-order chi connectivity index (χ1) is 13.3. The number of carbonyl (C=O) groups excluding carboxylic acids is 1. The van der Waals surface area contributed by atoms with E-state index in [1.807, 2.05) is 0 Å². The molecular formula is C25H32O2. The summed E-state index contributed by atoms with van der Waals surface area (Å²) in [5.41, 5.74) is 5.06. The average molecular weight is 365 g/mol. The molecular weight excluding hydrogens is 332 g/mol. The zero-order valence-electron chi connectivity index (χ0n) is 16.6. The van der Waals surface area contributed by atoms with Crippen molar-refractivity contribution < 1.29 is 9.53 Å². The highest BCUT2D eigenvalue weighted by molar-refractivity contribution is 5.79. The van der Waals surface area contributed by atoms with E-state index >= 15 is 0 Å². The molecule has 0 aliphatic heterocycles. The number of carbonyl (C=O) groups is 1. The maximum atomic E-state index is 11.8. The molecule has 1 saturated carbocycles. The van der Waals surface area contributed by atoms with Crippen LogP contribution in [0.25, 0.3) is 11.1 Å². The van der Waals surface area contributed by atoms with Gasteiger partial charge in [-0.2, -0.15) is 0 Å². The van der Waals surface area contributed by atoms with Crippen molar-refractivity contribution in [1.29, 1.82) is 0 Å². The van der Waals surface area contributed by atoms with Crippen LogP contribution < -0.4 is 0 Å². The van der Waals surface area contributed by atoms with Crippen LogP contribution in [0.15, 0.2) is 48.5 Å². The Morgan fingerprint density at radius 2 is 1.33 bits per heavy atom. The fourth-order valence-corrected chi connectivity index (χ4v) is 4.07. The van der Waals surface area contributed by atoms with Gasteiger partial charge in [0, 0.05) is 12.3 Å². The van der Waals surface area contributed by atoms with E-state index < -0.39 is 0 Å². The van der Waals surface area contributed by atoms with Crippen LogP contribution in [-0.2, 0) is 9.53 Å². The van der Waals surface area contributed by atoms with E-state index in [9.17, 15) is 4.79 Å². The molecule has 2 aliphatic carbocycles. The number of fused-ring (bicyclic) bond motifs is 3. The van der Waals surface area contributed by atoms with Crippen molar-refractivity contribution >= 4 is 5.97 Å². The van der Waals surface area contributed by atoms with Crippen LogP contribution >= 0.6 is 0 Å². The van der Waals surface area contributed by atoms with Gasteiger partial charge in [-0.05, 0) is 28.7 Å². The highest BCUT2D eigenvalue weighted by Crippen LogP contribution is 2.44. The normalized spacial score (nSPS) is 15.3. The van der Waals surface area contributed by atoms with Gasteiger partial charge in [-0.3, -0.25) is 4.79 Å². The molecule has 2 aliphatic rings. The Kier molecular flexibility index (Phi) is 7.50. The Balaban J connectivity index is 0.000000299. The van der Waals surface area contributed by atoms with Gasteiger partial charge >= 0.3 is 5.97 Å². The molecule has 4 rings (SSSR count). The summed E-state index contributed by atoms with van der Waals surface area (Å²) in [5.74, 6) is 0.0849. The van der Waals surface area contributed by atoms with Gasteiger partial charge in [0.1, 0.15) is 6.61 Å². The van der Waals surface area contributed by atoms with Gasteiger partial charge in [-0.1, -0.05) is 100 Å². The zero-order chi connectivity index (χ0) is 18.9. The number of unbranched alkanes of at least 4 members (excludes halogenated alkanes) is 1. The highest BCUT2D eigenvalue weighted by Gasteiger charge is 2.28. The Labute approximate surface area is 164 Å². The molecule has 0 bridgehead atoms. The lowest BCUT2D eigenvalue weighted by atomic mass is 9.98. The van der Waals surface area contributed by atoms with E-state index in [4.69, 9.17) is 4.74 Å². The number of hydrogen-bond acceptors (Lipinski definition) is 2. The minimum absolute atomic E-state index is 0.0845. The first kappa shape index (κ1) is 19.7. The molecule has 0 heterocycles. The summed E-state index contributed by atoms with van der Waals surface area (Å²) in [7, 11) is 0. The highest BCUT2D eigenvalue weighted by atomic mass is 16.5. The summed E-state index contributed by atoms with van der Waals surface area (Å²) < 4.78 is 5.50. The van der Waals surface area contributed by atoms with Crippen LogP contribution in [0, 0.1) is 0 Å². The molecule has 2 heteroatoms. The van der Waals surface area contributed by atoms with Crippen molar-refractivity contribution in [2.24, 2.45) is 0 Å². The minimum Gasteiger partial charge on any atom is -0.465 e. The standard InChI is InChI=1S/C19H20O2.C6H12/c1-2-3-12-19(20)21-13-18-16-10-6-4-8-14(16)15-9-5-7-11-17(15)18;1-2-4-6-5-3-1/h4-11,18H,2-3,12-13H2,1H3;1-6H2. The van der Waals surface area contributed by atoms with Crippen molar-refractivity contribution in [3.05, 3.63) is 59.7 Å². The summed E-state index contributed by atoms with van der Waals surface area (Å²) in [5, 5.41) is 0. The predicted molar refractivity (Wildman–Crippen MR) is 112 cm³/mol. The van der Waals surface area contributed by atoms with Crippen LogP contribution in [0.2, 0.25) is 0 Å². The van der Waals surface area contributed by atoms with Gasteiger partial charge < -0.3 is 4.74 Å². The molecule has 0 unspecified atom stereocenters. The summed E-state index contributed by atoms with van der Waals surface area (Å²) in [4.78, 5) is 11.8. The summed E-state index contributed by atoms with van der Waals surface area (Å²) in [6.07, 6.45) is 11.4. The molecule has 0 spiro atoms. The molecule has 2 nitrogen and oxygen atoms in total. The number of rotatable bonds is 5. The van der Waals surface area contributed by atoms with Crippen LogP contribution in [0.3, 0.4) is 0 Å². The van der Waals surface area contributed by atoms with Gasteiger partial charge in [-0.25, -0.2) is 0 Å². The van der Waals surface area contributed by atoms with Gasteiger partial charge in [0.2, 0.25) is 0 Å². The second-order valence-electron chi connectivity index (χ2n) is 7.63. The maximum absolute atomic E-state index is 11.8. The minimum atomic E-state index is -0.0845. The Bertz CT molecular complexity index is 674. The van der Waals surface area contributed by atoms with E-state index in [-0.39, 0.29) is 11.9 Å². The van der Waals surface area contributed by atoms with Crippen LogP contribution in [0.5, 0.6) is 0 Å². The van der Waals surface area contributed by atoms with E-state index in [2.05, 4.69) is 55.5 Å². The number of ether oxygens (including phenoxy) is 1. The average Bonchev–Trinajstić information content (AvgIpc) is 3.06. The van der Waals surface area contributed by atoms with Crippen molar-refractivity contribution in [3.8, 4) is 11.1 Å². The van der Waals surface area contributed by atoms with E-state index in [0.717, 1.165) is 12.8 Å². The lowest BCUT2D eigenvalue weighted by molar-refractivity contribution is -0.144. The first-order valence-electron chi connectivity index (χ1n) is 10.6. The Morgan fingerprint density at radius 3 is 1.81 bits per heavy atom. The maximum Gasteiger partial charge on any atom is 0.305 e. The monoisotopic (exact) mass is 364 g/mol. The molecule has 0 saturated heterocycles. The Hall–Kier alpha value is -2.09. The van der Waals surface area contributed by atoms with Crippen molar-refractivity contribution in [2.75, 3.05) is 6.61 Å². The van der Waals surface area contributed by atoms with Gasteiger partial charge in [0.15, 0.2) is 0 Å². The summed E-state index contributed by atoms with van der Waals surface area (Å²) >= 11 is 0. The van der Waals surface area contributed by atoms with Gasteiger partial charge in [0.25, 0.3) is 0 Å². The molecule has 2 aromatic rings. The third kappa shape index (κ3) is 5.22. The number of esters is 1. The van der Waals surface area contributed by atoms with Crippen LogP contribution in [0.4, 0.5) is 0 Å². The largest absolute Gasteiger partial charge is 0.465 e. The van der Waals surface area contributed by atoms with Crippen LogP contribution in [-0.4, -0.2) is 12.6 Å². The van der Waals surface area contributed by atoms with Crippen LogP contribution in [0.1, 0.15) is 81.8 Å². The quantitative estimate of drug-likeness (QED) is 0.541. The van der Waals surface area contributed by atoms with E-state index in [1.165, 1.54) is 60.8 Å². The lowest BCUT2D eigenvalue weighted by Crippen LogP contribution is -2.12. The zero-order valence-corrected chi connectivity index (χ0v) is 16.6. The first-order valence-corrected chi connectivity index (χ1v) is 10.6. The third-order valence-corrected chi connectivity index (χ3v) is 5.61. The fraction of sp³-hybridized carbons (Fsp3) is 0.480. The summed E-state index contributed by atoms with van der Waals surface area (Å²) in [6, 6.07) is 16.8. The second kappa shape index (κ2) is 10.3. The molecule has 0 amide bonds. The third-order valence-electron chi connectivity index (χ3n) is 5.61. The molecule has 0 radical (unpaired) electrons. The van der Waals surface area contributed by atoms with Crippen molar-refractivity contribution in [3.63, 3.8) is 0 Å². The van der Waals surface area contributed by atoms with E-state index in [0.29, 0.717) is 13.0 Å². The molecule has 2 aromatic carbocycles. The molecule has 144 valence electrons. The van der Waals surface area contributed by atoms with E-state index in [1.54, 1.807) is 0 Å². The second-order valence-corrected chi connectivity index (χ2v) is 7.63. The SMILES string of the molecule is C1CCCCC1.CCCCC(=O)OCC1c2ccccc2-c2ccccc21. The predicted octanol–water partition coefficient (Wildman–Crippen LogP) is 6.87. The molecule has 1 fully saturated rings. The Morgan fingerprint density at radius 1 is 0.852 bits per heavy atom. The van der Waals surface area contributed by atoms with Gasteiger partial charge in [0.05, 0.1) is 0 Å². The molecule has 0 N–H and O–H groups in total.